The molecule has 7 nitrogen and oxygen atoms in total. The molecule has 182 valence electrons. The molecule has 0 radical (unpaired) electrons. The van der Waals surface area contributed by atoms with Crippen LogP contribution in [-0.2, 0) is 0 Å². The molecular weight excluding hydrogens is 458 g/mol. The molecule has 5 aromatic rings. The topological polar surface area (TPSA) is 95.2 Å². The average Bonchev–Trinajstić information content (AvgIpc) is 3.74. The quantitative estimate of drug-likeness (QED) is 0.240. The summed E-state index contributed by atoms with van der Waals surface area (Å²) >= 11 is 0. The van der Waals surface area contributed by atoms with Crippen molar-refractivity contribution in [3.63, 3.8) is 0 Å². The van der Waals surface area contributed by atoms with E-state index in [9.17, 15) is 0 Å². The number of aromatic nitrogens is 6. The van der Waals surface area contributed by atoms with Gasteiger partial charge in [0.1, 0.15) is 5.69 Å². The van der Waals surface area contributed by atoms with Crippen molar-refractivity contribution in [2.75, 3.05) is 5.32 Å². The van der Waals surface area contributed by atoms with Gasteiger partial charge in [-0.3, -0.25) is 15.1 Å². The van der Waals surface area contributed by atoms with Crippen molar-refractivity contribution < 1.29 is 0 Å². The molecule has 2 aliphatic carbocycles. The molecule has 7 heteroatoms. The summed E-state index contributed by atoms with van der Waals surface area (Å²) in [6.45, 7) is 4.29. The summed E-state index contributed by atoms with van der Waals surface area (Å²) in [7, 11) is 0. The number of pyridine rings is 2. The molecule has 4 aromatic heterocycles. The fraction of sp³-hybridized carbons (Fsp3) is 0.200. The third kappa shape index (κ3) is 3.93. The summed E-state index contributed by atoms with van der Waals surface area (Å²) in [6.07, 6.45) is 19.9. The van der Waals surface area contributed by atoms with Gasteiger partial charge in [-0.15, -0.1) is 0 Å². The predicted octanol–water partition coefficient (Wildman–Crippen LogP) is 7.02. The number of rotatable bonds is 6. The van der Waals surface area contributed by atoms with E-state index in [0.717, 1.165) is 73.5 Å². The normalized spacial score (nSPS) is 15.6. The van der Waals surface area contributed by atoms with Crippen molar-refractivity contribution in [3.05, 3.63) is 85.1 Å². The van der Waals surface area contributed by atoms with E-state index in [1.54, 1.807) is 0 Å². The van der Waals surface area contributed by atoms with E-state index in [2.05, 4.69) is 79.5 Å². The highest BCUT2D eigenvalue weighted by molar-refractivity contribution is 5.98. The summed E-state index contributed by atoms with van der Waals surface area (Å²) in [5, 5.41) is 12.3. The van der Waals surface area contributed by atoms with E-state index in [0.29, 0.717) is 5.92 Å². The van der Waals surface area contributed by atoms with Crippen LogP contribution >= 0.6 is 0 Å². The van der Waals surface area contributed by atoms with Crippen LogP contribution in [0.4, 0.5) is 5.69 Å². The highest BCUT2D eigenvalue weighted by Crippen LogP contribution is 2.34. The molecular formula is C30H27N7. The first-order valence-corrected chi connectivity index (χ1v) is 12.8. The zero-order valence-electron chi connectivity index (χ0n) is 20.5. The van der Waals surface area contributed by atoms with E-state index in [1.807, 2.05) is 24.8 Å². The van der Waals surface area contributed by atoms with Gasteiger partial charge in [0.25, 0.3) is 0 Å². The number of hydrogen-bond acceptors (Lipinski definition) is 5. The van der Waals surface area contributed by atoms with Crippen LogP contribution in [-0.4, -0.2) is 30.1 Å². The molecule has 0 unspecified atom stereocenters. The van der Waals surface area contributed by atoms with Crippen LogP contribution in [0.15, 0.2) is 79.6 Å². The van der Waals surface area contributed by atoms with Gasteiger partial charge in [-0.2, -0.15) is 5.10 Å². The van der Waals surface area contributed by atoms with Gasteiger partial charge in [-0.05, 0) is 54.5 Å². The van der Waals surface area contributed by atoms with Crippen LogP contribution in [0.25, 0.3) is 50.2 Å². The van der Waals surface area contributed by atoms with Gasteiger partial charge in [0.15, 0.2) is 5.82 Å². The Labute approximate surface area is 214 Å². The third-order valence-electron chi connectivity index (χ3n) is 7.49. The van der Waals surface area contributed by atoms with Crippen molar-refractivity contribution in [3.8, 4) is 22.6 Å². The zero-order valence-corrected chi connectivity index (χ0v) is 20.5. The molecule has 0 saturated heterocycles. The second-order valence-corrected chi connectivity index (χ2v) is 9.89. The maximum atomic E-state index is 4.95. The van der Waals surface area contributed by atoms with E-state index in [1.165, 1.54) is 25.7 Å². The van der Waals surface area contributed by atoms with Crippen LogP contribution < -0.4 is 5.32 Å². The number of nitrogens with one attached hydrogen (secondary N) is 3. The number of hydrogen-bond donors (Lipinski definition) is 3. The number of benzene rings is 1. The molecule has 7 rings (SSSR count). The standard InChI is InChI=1S/C30H27N7/c1-18(19-6-2-3-7-19)33-23-12-22(14-31-15-23)21-10-11-26-24(13-21)29(37-36-26)30-34-27-17-32-16-25(28(27)35-30)20-8-4-5-9-20/h4,8-17,19,33H,1-3,5-7H2,(H,34,35)(H,36,37). The third-order valence-corrected chi connectivity index (χ3v) is 7.49. The Morgan fingerprint density at radius 2 is 1.86 bits per heavy atom. The predicted molar refractivity (Wildman–Crippen MR) is 149 cm³/mol. The van der Waals surface area contributed by atoms with Crippen LogP contribution in [0.3, 0.4) is 0 Å². The molecule has 1 saturated carbocycles. The Bertz CT molecular complexity index is 1710. The minimum Gasteiger partial charge on any atom is -0.358 e. The van der Waals surface area contributed by atoms with Gasteiger partial charge in [0.2, 0.25) is 0 Å². The SMILES string of the molecule is C=C(Nc1cncc(-c2ccc3[nH]nc(-c4nc5c(C6=CCC=C6)cncc5[nH]4)c3c2)c1)C1CCCC1. The fourth-order valence-electron chi connectivity index (χ4n) is 5.52. The van der Waals surface area contributed by atoms with Gasteiger partial charge in [-0.25, -0.2) is 4.98 Å². The number of H-pyrrole nitrogens is 2. The first-order valence-electron chi connectivity index (χ1n) is 12.8. The molecule has 0 bridgehead atoms. The van der Waals surface area contributed by atoms with Crippen LogP contribution in [0.1, 0.15) is 37.7 Å². The Balaban J connectivity index is 1.24. The highest BCUT2D eigenvalue weighted by Gasteiger charge is 2.19. The first-order chi connectivity index (χ1) is 18.2. The molecule has 3 N–H and O–H groups in total. The van der Waals surface area contributed by atoms with Gasteiger partial charge in [0.05, 0.1) is 34.6 Å². The fourth-order valence-corrected chi connectivity index (χ4v) is 5.52. The van der Waals surface area contributed by atoms with E-state index in [-0.39, 0.29) is 0 Å². The Kier molecular flexibility index (Phi) is 5.20. The summed E-state index contributed by atoms with van der Waals surface area (Å²) in [4.78, 5) is 17.3. The minimum absolute atomic E-state index is 0.550. The number of aromatic amines is 2. The molecule has 2 aliphatic rings. The Morgan fingerprint density at radius 3 is 2.73 bits per heavy atom. The van der Waals surface area contributed by atoms with Crippen LogP contribution in [0.2, 0.25) is 0 Å². The van der Waals surface area contributed by atoms with Gasteiger partial charge < -0.3 is 10.3 Å². The Morgan fingerprint density at radius 1 is 0.973 bits per heavy atom. The van der Waals surface area contributed by atoms with Gasteiger partial charge in [-0.1, -0.05) is 43.7 Å². The highest BCUT2D eigenvalue weighted by atomic mass is 15.1. The molecule has 37 heavy (non-hydrogen) atoms. The number of imidazole rings is 1. The van der Waals surface area contributed by atoms with Crippen molar-refractivity contribution in [2.45, 2.75) is 32.1 Å². The maximum Gasteiger partial charge on any atom is 0.159 e. The number of anilines is 1. The lowest BCUT2D eigenvalue weighted by atomic mass is 10.0. The lowest BCUT2D eigenvalue weighted by molar-refractivity contribution is 0.649. The Hall–Kier alpha value is -4.52. The van der Waals surface area contributed by atoms with E-state index < -0.39 is 0 Å². The molecule has 0 aliphatic heterocycles. The minimum atomic E-state index is 0.550. The van der Waals surface area contributed by atoms with Gasteiger partial charge >= 0.3 is 0 Å². The first kappa shape index (κ1) is 21.7. The van der Waals surface area contributed by atoms with Crippen LogP contribution in [0, 0.1) is 5.92 Å². The largest absolute Gasteiger partial charge is 0.358 e. The van der Waals surface area contributed by atoms with E-state index >= 15 is 0 Å². The van der Waals surface area contributed by atoms with Gasteiger partial charge in [0, 0.05) is 34.6 Å². The average molecular weight is 486 g/mol. The lowest BCUT2D eigenvalue weighted by Crippen LogP contribution is -2.07. The second-order valence-electron chi connectivity index (χ2n) is 9.89. The number of allylic oxidation sites excluding steroid dienone is 5. The summed E-state index contributed by atoms with van der Waals surface area (Å²) in [6, 6.07) is 8.43. The van der Waals surface area contributed by atoms with Crippen molar-refractivity contribution >= 4 is 33.2 Å². The number of fused-ring (bicyclic) bond motifs is 2. The van der Waals surface area contributed by atoms with Crippen molar-refractivity contribution in [2.24, 2.45) is 5.92 Å². The molecule has 1 fully saturated rings. The van der Waals surface area contributed by atoms with E-state index in [4.69, 9.17) is 4.98 Å². The maximum absolute atomic E-state index is 4.95. The molecule has 4 heterocycles. The monoisotopic (exact) mass is 485 g/mol. The van der Waals surface area contributed by atoms with Crippen LogP contribution in [0.5, 0.6) is 0 Å². The molecule has 0 spiro atoms. The molecule has 0 amide bonds. The smallest absolute Gasteiger partial charge is 0.159 e. The molecule has 0 atom stereocenters. The van der Waals surface area contributed by atoms with Crippen molar-refractivity contribution in [1.82, 2.24) is 30.1 Å². The number of nitrogens with zero attached hydrogens (tertiary/aromatic N) is 4. The summed E-state index contributed by atoms with van der Waals surface area (Å²) in [5.74, 6) is 1.27. The van der Waals surface area contributed by atoms with Crippen molar-refractivity contribution in [1.29, 1.82) is 0 Å². The summed E-state index contributed by atoms with van der Waals surface area (Å²) < 4.78 is 0. The zero-order chi connectivity index (χ0) is 24.8. The molecule has 1 aromatic carbocycles. The summed E-state index contributed by atoms with van der Waals surface area (Å²) in [5.41, 5.74) is 9.88. The lowest BCUT2D eigenvalue weighted by Gasteiger charge is -2.16. The second kappa shape index (κ2) is 8.85.